The molecule has 4 heterocycles. The summed E-state index contributed by atoms with van der Waals surface area (Å²) in [6.07, 6.45) is 4.03. The van der Waals surface area contributed by atoms with Gasteiger partial charge in [0.2, 0.25) is 5.95 Å². The molecule has 3 aromatic rings. The molecule has 0 amide bonds. The van der Waals surface area contributed by atoms with Gasteiger partial charge in [-0.25, -0.2) is 19.7 Å². The normalized spacial score (nSPS) is 18.9. The van der Waals surface area contributed by atoms with Gasteiger partial charge in [-0.2, -0.15) is 10.4 Å². The largest absolute Gasteiger partial charge is 0.467 e. The fraction of sp³-hybridized carbons (Fsp3) is 0.345. The number of benzene rings is 1. The van der Waals surface area contributed by atoms with E-state index in [0.717, 1.165) is 37.1 Å². The summed E-state index contributed by atoms with van der Waals surface area (Å²) in [4.78, 5) is 32.8. The molecule has 0 radical (unpaired) electrons. The number of pyridine rings is 1. The van der Waals surface area contributed by atoms with Crippen LogP contribution in [0, 0.1) is 11.3 Å². The number of nitrogens with one attached hydrogen (secondary N) is 1. The van der Waals surface area contributed by atoms with E-state index in [-0.39, 0.29) is 24.6 Å². The number of aliphatic imine (C=N–C) groups is 1. The van der Waals surface area contributed by atoms with Crippen molar-refractivity contribution in [2.75, 3.05) is 37.1 Å². The number of hydrogen-bond donors (Lipinski definition) is 2. The average Bonchev–Trinajstić information content (AvgIpc) is 3.72. The number of aromatic nitrogens is 3. The lowest BCUT2D eigenvalue weighted by Crippen LogP contribution is -2.37. The van der Waals surface area contributed by atoms with Crippen molar-refractivity contribution in [3.8, 4) is 17.3 Å². The van der Waals surface area contributed by atoms with Crippen molar-refractivity contribution in [3.63, 3.8) is 0 Å². The molecule has 0 spiro atoms. The Morgan fingerprint density at radius 2 is 2.12 bits per heavy atom. The van der Waals surface area contributed by atoms with E-state index in [1.165, 1.54) is 7.11 Å². The molecule has 2 aliphatic heterocycles. The third-order valence-electron chi connectivity index (χ3n) is 6.96. The molecule has 210 valence electrons. The van der Waals surface area contributed by atoms with Gasteiger partial charge in [-0.05, 0) is 49.6 Å². The quantitative estimate of drug-likeness (QED) is 0.174. The highest BCUT2D eigenvalue weighted by molar-refractivity contribution is 6.37. The molecule has 1 aromatic carbocycles. The molecule has 12 nitrogen and oxygen atoms in total. The second kappa shape index (κ2) is 13.0. The van der Waals surface area contributed by atoms with Crippen molar-refractivity contribution >= 4 is 29.7 Å². The van der Waals surface area contributed by atoms with Crippen LogP contribution in [0.3, 0.4) is 0 Å². The van der Waals surface area contributed by atoms with Gasteiger partial charge in [0.15, 0.2) is 0 Å². The van der Waals surface area contributed by atoms with E-state index in [0.29, 0.717) is 47.6 Å². The summed E-state index contributed by atoms with van der Waals surface area (Å²) in [5.74, 6) is 6.65. The lowest BCUT2D eigenvalue weighted by Gasteiger charge is -2.23. The molecule has 0 aliphatic carbocycles. The minimum atomic E-state index is -0.332. The number of anilines is 2. The van der Waals surface area contributed by atoms with Crippen molar-refractivity contribution in [1.29, 1.82) is 5.26 Å². The van der Waals surface area contributed by atoms with E-state index in [2.05, 4.69) is 31.4 Å². The number of rotatable bonds is 9. The fourth-order valence-electron chi connectivity index (χ4n) is 4.90. The molecule has 5 rings (SSSR count). The lowest BCUT2D eigenvalue weighted by atomic mass is 10.1. The van der Waals surface area contributed by atoms with Gasteiger partial charge in [0.05, 0.1) is 61.2 Å². The summed E-state index contributed by atoms with van der Waals surface area (Å²) in [6.45, 7) is 2.25. The van der Waals surface area contributed by atoms with Gasteiger partial charge >= 0.3 is 5.97 Å². The predicted molar refractivity (Wildman–Crippen MR) is 155 cm³/mol. The third kappa shape index (κ3) is 6.64. The van der Waals surface area contributed by atoms with Crippen LogP contribution in [0.4, 0.5) is 11.8 Å². The smallest absolute Gasteiger partial charge is 0.328 e. The molecule has 2 fully saturated rings. The van der Waals surface area contributed by atoms with E-state index >= 15 is 0 Å². The van der Waals surface area contributed by atoms with E-state index in [1.807, 2.05) is 35.2 Å². The minimum Gasteiger partial charge on any atom is -0.467 e. The number of esters is 1. The number of nitriles is 1. The maximum Gasteiger partial charge on any atom is 0.328 e. The number of hydrazone groups is 1. The van der Waals surface area contributed by atoms with Crippen LogP contribution in [0.1, 0.15) is 36.2 Å². The monoisotopic (exact) mass is 553 g/mol. The SMILES string of the molecule is COC(=O)[C@H]1CCCN1c1cccc(CN=C/C(=N\N)c2cc(-c3cccc(C#N)c3)nc(N[C@@H]3CCOC3)n2)n1. The van der Waals surface area contributed by atoms with Crippen LogP contribution in [0.25, 0.3) is 11.3 Å². The highest BCUT2D eigenvalue weighted by Crippen LogP contribution is 2.25. The average molecular weight is 554 g/mol. The number of ether oxygens (including phenoxy) is 2. The molecule has 0 bridgehead atoms. The lowest BCUT2D eigenvalue weighted by molar-refractivity contribution is -0.141. The van der Waals surface area contributed by atoms with Crippen LogP contribution < -0.4 is 16.1 Å². The van der Waals surface area contributed by atoms with Gasteiger partial charge in [-0.15, -0.1) is 0 Å². The summed E-state index contributed by atoms with van der Waals surface area (Å²) in [6, 6.07) is 16.5. The molecule has 0 unspecified atom stereocenters. The van der Waals surface area contributed by atoms with Gasteiger partial charge in [-0.3, -0.25) is 4.99 Å². The first-order chi connectivity index (χ1) is 20.1. The third-order valence-corrected chi connectivity index (χ3v) is 6.96. The van der Waals surface area contributed by atoms with Crippen molar-refractivity contribution in [3.05, 3.63) is 65.5 Å². The summed E-state index contributed by atoms with van der Waals surface area (Å²) in [5, 5.41) is 16.6. The molecule has 41 heavy (non-hydrogen) atoms. The number of nitrogens with two attached hydrogens (primary N) is 1. The van der Waals surface area contributed by atoms with Crippen LogP contribution in [0.15, 0.2) is 58.6 Å². The molecule has 12 heteroatoms. The highest BCUT2D eigenvalue weighted by Gasteiger charge is 2.32. The van der Waals surface area contributed by atoms with Crippen molar-refractivity contribution in [1.82, 2.24) is 15.0 Å². The zero-order valence-corrected chi connectivity index (χ0v) is 22.7. The van der Waals surface area contributed by atoms with Crippen molar-refractivity contribution in [2.45, 2.75) is 37.9 Å². The first kappa shape index (κ1) is 27.7. The Morgan fingerprint density at radius 1 is 1.24 bits per heavy atom. The number of nitrogens with zero attached hydrogens (tertiary/aromatic N) is 7. The summed E-state index contributed by atoms with van der Waals surface area (Å²) < 4.78 is 10.4. The molecule has 2 aromatic heterocycles. The summed E-state index contributed by atoms with van der Waals surface area (Å²) >= 11 is 0. The highest BCUT2D eigenvalue weighted by atomic mass is 16.5. The van der Waals surface area contributed by atoms with E-state index in [9.17, 15) is 10.1 Å². The van der Waals surface area contributed by atoms with Crippen LogP contribution >= 0.6 is 0 Å². The molecule has 2 atom stereocenters. The zero-order chi connectivity index (χ0) is 28.6. The van der Waals surface area contributed by atoms with Crippen LogP contribution in [-0.2, 0) is 20.8 Å². The van der Waals surface area contributed by atoms with E-state index in [4.69, 9.17) is 20.3 Å². The number of carbonyl (C=O) groups excluding carboxylic acids is 1. The number of hydrogen-bond acceptors (Lipinski definition) is 12. The van der Waals surface area contributed by atoms with E-state index in [1.54, 1.807) is 24.4 Å². The number of methoxy groups -OCH3 is 1. The first-order valence-corrected chi connectivity index (χ1v) is 13.4. The fourth-order valence-corrected chi connectivity index (χ4v) is 4.90. The molecular formula is C29H31N9O3. The first-order valence-electron chi connectivity index (χ1n) is 13.4. The summed E-state index contributed by atoms with van der Waals surface area (Å²) in [5.41, 5.74) is 3.47. The standard InChI is InChI=1S/C29H31N9O3/c1-40-28(39)26-8-4-11-38(26)27-9-3-7-21(33-27)16-32-17-25(37-31)24-14-23(20-6-2-5-19(13-20)15-30)35-29(36-24)34-22-10-12-41-18-22/h2-3,5-7,9,13-14,17,22,26H,4,8,10-12,16,18,31H2,1H3,(H,34,35,36)/b32-17?,37-25+/t22-,26-/m1/s1. The molecular weight excluding hydrogens is 522 g/mol. The minimum absolute atomic E-state index is 0.0863. The van der Waals surface area contributed by atoms with Gasteiger partial charge in [0, 0.05) is 18.7 Å². The van der Waals surface area contributed by atoms with Crippen molar-refractivity contribution in [2.24, 2.45) is 15.9 Å². The van der Waals surface area contributed by atoms with Gasteiger partial charge < -0.3 is 25.5 Å². The van der Waals surface area contributed by atoms with Gasteiger partial charge in [-0.1, -0.05) is 18.2 Å². The Hall–Kier alpha value is -4.89. The predicted octanol–water partition coefficient (Wildman–Crippen LogP) is 2.69. The van der Waals surface area contributed by atoms with Crippen molar-refractivity contribution < 1.29 is 14.3 Å². The Labute approximate surface area is 237 Å². The maximum atomic E-state index is 12.2. The zero-order valence-electron chi connectivity index (χ0n) is 22.7. The van der Waals surface area contributed by atoms with Crippen LogP contribution in [-0.4, -0.2) is 71.8 Å². The Morgan fingerprint density at radius 3 is 2.90 bits per heavy atom. The second-order valence-electron chi connectivity index (χ2n) is 9.71. The topological polar surface area (TPSA) is 164 Å². The van der Waals surface area contributed by atoms with Crippen LogP contribution in [0.2, 0.25) is 0 Å². The molecule has 0 saturated carbocycles. The summed E-state index contributed by atoms with van der Waals surface area (Å²) in [7, 11) is 1.40. The van der Waals surface area contributed by atoms with Crippen LogP contribution in [0.5, 0.6) is 0 Å². The number of carbonyl (C=O) groups is 1. The second-order valence-corrected chi connectivity index (χ2v) is 9.71. The maximum absolute atomic E-state index is 12.2. The Balaban J connectivity index is 1.37. The van der Waals surface area contributed by atoms with E-state index < -0.39 is 0 Å². The molecule has 2 aliphatic rings. The molecule has 3 N–H and O–H groups in total. The molecule has 2 saturated heterocycles. The Bertz CT molecular complexity index is 1490. The van der Waals surface area contributed by atoms with Gasteiger partial charge in [0.1, 0.15) is 17.6 Å². The Kier molecular flexibility index (Phi) is 8.76. The van der Waals surface area contributed by atoms with Gasteiger partial charge in [0.25, 0.3) is 0 Å².